The van der Waals surface area contributed by atoms with E-state index >= 15 is 0 Å². The summed E-state index contributed by atoms with van der Waals surface area (Å²) < 4.78 is 10.9. The largest absolute Gasteiger partial charge is 0.488 e. The van der Waals surface area contributed by atoms with E-state index in [4.69, 9.17) is 9.47 Å². The first-order chi connectivity index (χ1) is 12.1. The zero-order chi connectivity index (χ0) is 17.8. The van der Waals surface area contributed by atoms with Crippen LogP contribution in [0.15, 0.2) is 54.1 Å². The van der Waals surface area contributed by atoms with Gasteiger partial charge >= 0.3 is 5.97 Å². The topological polar surface area (TPSA) is 52.6 Å². The Balaban J connectivity index is 1.68. The summed E-state index contributed by atoms with van der Waals surface area (Å²) in [5, 5.41) is 0. The van der Waals surface area contributed by atoms with E-state index in [0.717, 1.165) is 23.3 Å². The summed E-state index contributed by atoms with van der Waals surface area (Å²) in [5.41, 5.74) is 2.93. The molecular weight excluding hydrogens is 316 g/mol. The molecule has 128 valence electrons. The van der Waals surface area contributed by atoms with E-state index in [1.807, 2.05) is 36.4 Å². The number of Topliss-reactive ketones (excluding diaryl/α,β-unsaturated/α-hetero) is 1. The quantitative estimate of drug-likeness (QED) is 0.615. The van der Waals surface area contributed by atoms with Crippen molar-refractivity contribution in [1.29, 1.82) is 0 Å². The summed E-state index contributed by atoms with van der Waals surface area (Å²) in [7, 11) is 0. The first kappa shape index (κ1) is 17.0. The van der Waals surface area contributed by atoms with Crippen LogP contribution >= 0.6 is 0 Å². The van der Waals surface area contributed by atoms with E-state index < -0.39 is 12.1 Å². The van der Waals surface area contributed by atoms with Crippen LogP contribution in [0.5, 0.6) is 5.75 Å². The lowest BCUT2D eigenvalue weighted by atomic mass is 10.0. The molecule has 0 N–H and O–H groups in total. The number of aryl methyl sites for hydroxylation is 1. The van der Waals surface area contributed by atoms with Gasteiger partial charge in [-0.1, -0.05) is 49.4 Å². The number of esters is 1. The van der Waals surface area contributed by atoms with Crippen LogP contribution in [0, 0.1) is 0 Å². The summed E-state index contributed by atoms with van der Waals surface area (Å²) >= 11 is 0. The van der Waals surface area contributed by atoms with E-state index in [1.54, 1.807) is 25.1 Å². The fraction of sp³-hybridized carbons (Fsp3) is 0.238. The first-order valence-corrected chi connectivity index (χ1v) is 8.35. The van der Waals surface area contributed by atoms with Crippen LogP contribution < -0.4 is 4.74 Å². The molecule has 3 rings (SSSR count). The number of rotatable bonds is 5. The summed E-state index contributed by atoms with van der Waals surface area (Å²) in [6, 6.07) is 14.8. The molecule has 0 aromatic heterocycles. The van der Waals surface area contributed by atoms with Gasteiger partial charge in [-0.05, 0) is 31.1 Å². The lowest BCUT2D eigenvalue weighted by Gasteiger charge is -2.18. The van der Waals surface area contributed by atoms with Crippen molar-refractivity contribution in [2.24, 2.45) is 0 Å². The van der Waals surface area contributed by atoms with Gasteiger partial charge in [-0.25, -0.2) is 4.79 Å². The maximum atomic E-state index is 12.4. The first-order valence-electron chi connectivity index (χ1n) is 8.35. The molecule has 2 aromatic carbocycles. The number of hydrogen-bond acceptors (Lipinski definition) is 4. The van der Waals surface area contributed by atoms with E-state index in [0.29, 0.717) is 11.1 Å². The lowest BCUT2D eigenvalue weighted by Crippen LogP contribution is -2.27. The Morgan fingerprint density at radius 1 is 1.12 bits per heavy atom. The number of hydrogen-bond donors (Lipinski definition) is 0. The highest BCUT2D eigenvalue weighted by Gasteiger charge is 2.24. The third-order valence-corrected chi connectivity index (χ3v) is 4.19. The van der Waals surface area contributed by atoms with Crippen molar-refractivity contribution in [2.75, 3.05) is 6.61 Å². The van der Waals surface area contributed by atoms with Crippen molar-refractivity contribution in [1.82, 2.24) is 0 Å². The summed E-state index contributed by atoms with van der Waals surface area (Å²) in [5.74, 6) is -0.00606. The fourth-order valence-corrected chi connectivity index (χ4v) is 2.66. The molecule has 4 heteroatoms. The molecule has 2 aromatic rings. The van der Waals surface area contributed by atoms with Crippen molar-refractivity contribution < 1.29 is 19.1 Å². The number of ether oxygens (including phenoxy) is 2. The van der Waals surface area contributed by atoms with Crippen molar-refractivity contribution in [3.8, 4) is 5.75 Å². The molecule has 0 radical (unpaired) electrons. The second-order valence-electron chi connectivity index (χ2n) is 5.96. The average Bonchev–Trinajstić information content (AvgIpc) is 2.67. The Hall–Kier alpha value is -2.88. The molecule has 0 saturated heterocycles. The average molecular weight is 336 g/mol. The summed E-state index contributed by atoms with van der Waals surface area (Å²) in [6.45, 7) is 3.79. The van der Waals surface area contributed by atoms with Crippen molar-refractivity contribution in [3.63, 3.8) is 0 Å². The van der Waals surface area contributed by atoms with Crippen LogP contribution in [0.4, 0.5) is 0 Å². The van der Waals surface area contributed by atoms with Crippen LogP contribution in [0.2, 0.25) is 0 Å². The molecule has 4 nitrogen and oxygen atoms in total. The zero-order valence-corrected chi connectivity index (χ0v) is 14.3. The van der Waals surface area contributed by atoms with Crippen LogP contribution in [0.25, 0.3) is 6.08 Å². The summed E-state index contributed by atoms with van der Waals surface area (Å²) in [4.78, 5) is 24.8. The van der Waals surface area contributed by atoms with Gasteiger partial charge in [0.1, 0.15) is 12.4 Å². The third kappa shape index (κ3) is 3.79. The summed E-state index contributed by atoms with van der Waals surface area (Å²) in [6.07, 6.45) is 1.81. The van der Waals surface area contributed by atoms with Gasteiger partial charge in [0.25, 0.3) is 0 Å². The smallest absolute Gasteiger partial charge is 0.338 e. The normalized spacial score (nSPS) is 13.9. The van der Waals surface area contributed by atoms with E-state index in [9.17, 15) is 9.59 Å². The van der Waals surface area contributed by atoms with Crippen LogP contribution in [0.3, 0.4) is 0 Å². The molecule has 1 aliphatic rings. The molecular formula is C21H20O4. The molecule has 25 heavy (non-hydrogen) atoms. The number of carbonyl (C=O) groups is 2. The Kier molecular flexibility index (Phi) is 4.98. The molecule has 0 amide bonds. The van der Waals surface area contributed by atoms with Crippen LogP contribution in [-0.4, -0.2) is 24.5 Å². The monoisotopic (exact) mass is 336 g/mol. The predicted molar refractivity (Wildman–Crippen MR) is 95.6 cm³/mol. The predicted octanol–water partition coefficient (Wildman–Crippen LogP) is 3.84. The third-order valence-electron chi connectivity index (χ3n) is 4.19. The molecule has 0 spiro atoms. The lowest BCUT2D eigenvalue weighted by molar-refractivity contribution is -0.141. The van der Waals surface area contributed by atoms with Gasteiger partial charge < -0.3 is 9.47 Å². The van der Waals surface area contributed by atoms with E-state index in [2.05, 4.69) is 6.92 Å². The molecule has 1 atom stereocenters. The second kappa shape index (κ2) is 7.34. The van der Waals surface area contributed by atoms with Gasteiger partial charge in [0.2, 0.25) is 5.78 Å². The number of benzene rings is 2. The molecule has 1 unspecified atom stereocenters. The van der Waals surface area contributed by atoms with E-state index in [1.165, 1.54) is 0 Å². The van der Waals surface area contributed by atoms with Gasteiger partial charge in [0.05, 0.1) is 5.57 Å². The minimum atomic E-state index is -0.849. The van der Waals surface area contributed by atoms with Crippen molar-refractivity contribution >= 4 is 17.8 Å². The molecule has 0 aliphatic carbocycles. The highest BCUT2D eigenvalue weighted by Crippen LogP contribution is 2.26. The van der Waals surface area contributed by atoms with Crippen LogP contribution in [-0.2, 0) is 16.0 Å². The van der Waals surface area contributed by atoms with E-state index in [-0.39, 0.29) is 12.4 Å². The van der Waals surface area contributed by atoms with Crippen LogP contribution in [0.1, 0.15) is 35.3 Å². The number of para-hydroxylation sites is 1. The number of carbonyl (C=O) groups excluding carboxylic acids is 2. The molecule has 0 bridgehead atoms. The SMILES string of the molecule is CCc1ccc(C(=O)C(C)OC(=O)C2=Cc3ccccc3OC2)cc1. The Morgan fingerprint density at radius 3 is 2.56 bits per heavy atom. The van der Waals surface area contributed by atoms with Gasteiger partial charge in [-0.15, -0.1) is 0 Å². The second-order valence-corrected chi connectivity index (χ2v) is 5.96. The zero-order valence-electron chi connectivity index (χ0n) is 14.3. The van der Waals surface area contributed by atoms with Crippen molar-refractivity contribution in [3.05, 3.63) is 70.8 Å². The molecule has 1 aliphatic heterocycles. The highest BCUT2D eigenvalue weighted by molar-refractivity contribution is 6.02. The van der Waals surface area contributed by atoms with Gasteiger partial charge in [-0.2, -0.15) is 0 Å². The number of fused-ring (bicyclic) bond motifs is 1. The standard InChI is InChI=1S/C21H20O4/c1-3-15-8-10-16(11-9-15)20(22)14(2)25-21(23)18-12-17-6-4-5-7-19(17)24-13-18/h4-12,14H,3,13H2,1-2H3. The number of ketones is 1. The van der Waals surface area contributed by atoms with Gasteiger partial charge in [-0.3, -0.25) is 4.79 Å². The fourth-order valence-electron chi connectivity index (χ4n) is 2.66. The highest BCUT2D eigenvalue weighted by atomic mass is 16.5. The molecule has 0 saturated carbocycles. The molecule has 0 fully saturated rings. The maximum Gasteiger partial charge on any atom is 0.338 e. The van der Waals surface area contributed by atoms with Gasteiger partial charge in [0, 0.05) is 11.1 Å². The Labute approximate surface area is 147 Å². The minimum absolute atomic E-state index is 0.141. The minimum Gasteiger partial charge on any atom is -0.488 e. The Bertz CT molecular complexity index is 818. The van der Waals surface area contributed by atoms with Gasteiger partial charge in [0.15, 0.2) is 6.10 Å². The van der Waals surface area contributed by atoms with Crippen molar-refractivity contribution in [2.45, 2.75) is 26.4 Å². The Morgan fingerprint density at radius 2 is 1.84 bits per heavy atom. The molecule has 1 heterocycles. The maximum absolute atomic E-state index is 12.4.